The highest BCUT2D eigenvalue weighted by atomic mass is 79.9. The van der Waals surface area contributed by atoms with E-state index >= 15 is 0 Å². The first kappa shape index (κ1) is 18.5. The average molecular weight is 370 g/mol. The maximum atomic E-state index is 11.7. The molecule has 0 aromatic heterocycles. The molecular formula is C16H24BrN3O2. The molecule has 22 heavy (non-hydrogen) atoms. The van der Waals surface area contributed by atoms with E-state index in [4.69, 9.17) is 0 Å². The molecule has 0 radical (unpaired) electrons. The summed E-state index contributed by atoms with van der Waals surface area (Å²) >= 11 is 3.34. The van der Waals surface area contributed by atoms with Crippen molar-refractivity contribution in [3.05, 3.63) is 28.7 Å². The van der Waals surface area contributed by atoms with Crippen LogP contribution in [0.25, 0.3) is 0 Å². The number of hydrogen-bond acceptors (Lipinski definition) is 2. The average Bonchev–Trinajstić information content (AvgIpc) is 2.47. The van der Waals surface area contributed by atoms with Gasteiger partial charge in [0.15, 0.2) is 0 Å². The number of carbonyl (C=O) groups excluding carboxylic acids is 2. The molecule has 3 amide bonds. The molecular weight excluding hydrogens is 346 g/mol. The van der Waals surface area contributed by atoms with Crippen molar-refractivity contribution in [3.63, 3.8) is 0 Å². The molecule has 1 aromatic rings. The minimum absolute atomic E-state index is 0.0769. The molecule has 0 atom stereocenters. The van der Waals surface area contributed by atoms with Gasteiger partial charge in [0.2, 0.25) is 5.91 Å². The van der Waals surface area contributed by atoms with Crippen LogP contribution in [0.2, 0.25) is 0 Å². The van der Waals surface area contributed by atoms with Gasteiger partial charge in [-0.05, 0) is 43.0 Å². The third-order valence-corrected chi connectivity index (χ3v) is 3.45. The zero-order valence-electron chi connectivity index (χ0n) is 13.1. The van der Waals surface area contributed by atoms with Gasteiger partial charge in [-0.1, -0.05) is 29.8 Å². The van der Waals surface area contributed by atoms with Crippen molar-refractivity contribution in [2.45, 2.75) is 33.1 Å². The lowest BCUT2D eigenvalue weighted by molar-refractivity contribution is -0.121. The van der Waals surface area contributed by atoms with Crippen LogP contribution in [-0.4, -0.2) is 25.0 Å². The van der Waals surface area contributed by atoms with E-state index in [0.717, 1.165) is 23.0 Å². The number of halogens is 1. The van der Waals surface area contributed by atoms with Gasteiger partial charge in [0.1, 0.15) is 0 Å². The topological polar surface area (TPSA) is 70.2 Å². The second-order valence-electron chi connectivity index (χ2n) is 5.54. The first-order chi connectivity index (χ1) is 10.5. The predicted octanol–water partition coefficient (Wildman–Crippen LogP) is 3.51. The predicted molar refractivity (Wildman–Crippen MR) is 92.9 cm³/mol. The van der Waals surface area contributed by atoms with Crippen LogP contribution in [0.5, 0.6) is 0 Å². The minimum Gasteiger partial charge on any atom is -0.356 e. The molecule has 0 spiro atoms. The third kappa shape index (κ3) is 8.67. The Hall–Kier alpha value is -1.56. The smallest absolute Gasteiger partial charge is 0.319 e. The van der Waals surface area contributed by atoms with Crippen molar-refractivity contribution in [1.82, 2.24) is 10.6 Å². The Labute approximate surface area is 140 Å². The van der Waals surface area contributed by atoms with Gasteiger partial charge in [-0.15, -0.1) is 0 Å². The molecule has 0 aliphatic heterocycles. The van der Waals surface area contributed by atoms with E-state index in [1.165, 1.54) is 0 Å². The molecule has 0 saturated heterocycles. The molecule has 0 saturated carbocycles. The number of hydrogen-bond donors (Lipinski definition) is 3. The summed E-state index contributed by atoms with van der Waals surface area (Å²) in [6.45, 7) is 5.40. The molecule has 0 unspecified atom stereocenters. The first-order valence-corrected chi connectivity index (χ1v) is 8.34. The van der Waals surface area contributed by atoms with Crippen LogP contribution in [0.4, 0.5) is 10.5 Å². The molecule has 5 nitrogen and oxygen atoms in total. The van der Waals surface area contributed by atoms with Gasteiger partial charge in [-0.2, -0.15) is 0 Å². The number of urea groups is 1. The molecule has 0 heterocycles. The Morgan fingerprint density at radius 1 is 1.09 bits per heavy atom. The number of amides is 3. The molecule has 0 fully saturated rings. The molecule has 1 aromatic carbocycles. The highest BCUT2D eigenvalue weighted by Crippen LogP contribution is 2.13. The quantitative estimate of drug-likeness (QED) is 0.613. The monoisotopic (exact) mass is 369 g/mol. The summed E-state index contributed by atoms with van der Waals surface area (Å²) in [6.07, 6.45) is 2.05. The van der Waals surface area contributed by atoms with Crippen molar-refractivity contribution in [2.24, 2.45) is 5.92 Å². The molecule has 6 heteroatoms. The first-order valence-electron chi connectivity index (χ1n) is 7.54. The molecule has 3 N–H and O–H groups in total. The van der Waals surface area contributed by atoms with Crippen LogP contribution in [0, 0.1) is 5.92 Å². The van der Waals surface area contributed by atoms with Crippen molar-refractivity contribution in [2.75, 3.05) is 18.4 Å². The fraction of sp³-hybridized carbons (Fsp3) is 0.500. The standard InChI is InChI=1S/C16H24BrN3O2/c1-12(2)11-19-15(21)5-3-4-10-18-16(22)20-14-8-6-13(17)7-9-14/h6-9,12H,3-5,10-11H2,1-2H3,(H,19,21)(H2,18,20,22). The van der Waals surface area contributed by atoms with E-state index in [-0.39, 0.29) is 11.9 Å². The van der Waals surface area contributed by atoms with E-state index in [1.807, 2.05) is 24.3 Å². The lowest BCUT2D eigenvalue weighted by Gasteiger charge is -2.09. The molecule has 0 bridgehead atoms. The SMILES string of the molecule is CC(C)CNC(=O)CCCCNC(=O)Nc1ccc(Br)cc1. The van der Waals surface area contributed by atoms with Crippen molar-refractivity contribution < 1.29 is 9.59 Å². The fourth-order valence-electron chi connectivity index (χ4n) is 1.73. The Bertz CT molecular complexity index is 475. The second kappa shape index (κ2) is 10.2. The van der Waals surface area contributed by atoms with Gasteiger partial charge < -0.3 is 16.0 Å². The van der Waals surface area contributed by atoms with Crippen LogP contribution in [0.1, 0.15) is 33.1 Å². The van der Waals surface area contributed by atoms with Crippen molar-refractivity contribution in [3.8, 4) is 0 Å². The molecule has 122 valence electrons. The maximum absolute atomic E-state index is 11.7. The fourth-order valence-corrected chi connectivity index (χ4v) is 1.99. The Morgan fingerprint density at radius 3 is 2.41 bits per heavy atom. The zero-order chi connectivity index (χ0) is 16.4. The van der Waals surface area contributed by atoms with Gasteiger partial charge in [0, 0.05) is 29.7 Å². The van der Waals surface area contributed by atoms with Crippen molar-refractivity contribution >= 4 is 33.6 Å². The zero-order valence-corrected chi connectivity index (χ0v) is 14.7. The highest BCUT2D eigenvalue weighted by molar-refractivity contribution is 9.10. The largest absolute Gasteiger partial charge is 0.356 e. The summed E-state index contributed by atoms with van der Waals surface area (Å²) in [6, 6.07) is 7.15. The van der Waals surface area contributed by atoms with Crippen LogP contribution >= 0.6 is 15.9 Å². The normalized spacial score (nSPS) is 10.4. The van der Waals surface area contributed by atoms with E-state index in [1.54, 1.807) is 0 Å². The number of unbranched alkanes of at least 4 members (excludes halogenated alkanes) is 1. The van der Waals surface area contributed by atoms with Crippen LogP contribution in [-0.2, 0) is 4.79 Å². The summed E-state index contributed by atoms with van der Waals surface area (Å²) in [4.78, 5) is 23.2. The molecule has 0 aliphatic rings. The van der Waals surface area contributed by atoms with Crippen LogP contribution in [0.3, 0.4) is 0 Å². The van der Waals surface area contributed by atoms with Gasteiger partial charge in [-0.3, -0.25) is 4.79 Å². The lowest BCUT2D eigenvalue weighted by Crippen LogP contribution is -2.30. The molecule has 1 rings (SSSR count). The van der Waals surface area contributed by atoms with Gasteiger partial charge in [0.25, 0.3) is 0 Å². The van der Waals surface area contributed by atoms with Crippen LogP contribution < -0.4 is 16.0 Å². The Balaban J connectivity index is 2.08. The number of carbonyl (C=O) groups is 2. The Kier molecular flexibility index (Phi) is 8.58. The summed E-state index contributed by atoms with van der Waals surface area (Å²) in [7, 11) is 0. The van der Waals surface area contributed by atoms with Gasteiger partial charge in [0.05, 0.1) is 0 Å². The molecule has 0 aliphatic carbocycles. The number of benzene rings is 1. The summed E-state index contributed by atoms with van der Waals surface area (Å²) in [5, 5.41) is 8.40. The number of anilines is 1. The van der Waals surface area contributed by atoms with Gasteiger partial charge >= 0.3 is 6.03 Å². The van der Waals surface area contributed by atoms with Crippen LogP contribution in [0.15, 0.2) is 28.7 Å². The maximum Gasteiger partial charge on any atom is 0.319 e. The number of nitrogens with one attached hydrogen (secondary N) is 3. The number of rotatable bonds is 8. The lowest BCUT2D eigenvalue weighted by atomic mass is 10.2. The second-order valence-corrected chi connectivity index (χ2v) is 6.46. The Morgan fingerprint density at radius 2 is 1.77 bits per heavy atom. The summed E-state index contributed by atoms with van der Waals surface area (Å²) in [5.74, 6) is 0.543. The van der Waals surface area contributed by atoms with E-state index in [9.17, 15) is 9.59 Å². The van der Waals surface area contributed by atoms with E-state index in [2.05, 4.69) is 45.7 Å². The third-order valence-electron chi connectivity index (χ3n) is 2.93. The minimum atomic E-state index is -0.230. The highest BCUT2D eigenvalue weighted by Gasteiger charge is 2.03. The van der Waals surface area contributed by atoms with E-state index < -0.39 is 0 Å². The van der Waals surface area contributed by atoms with Crippen molar-refractivity contribution in [1.29, 1.82) is 0 Å². The van der Waals surface area contributed by atoms with E-state index in [0.29, 0.717) is 25.4 Å². The summed E-state index contributed by atoms with van der Waals surface area (Å²) in [5.41, 5.74) is 0.744. The van der Waals surface area contributed by atoms with Gasteiger partial charge in [-0.25, -0.2) is 4.79 Å². The summed E-state index contributed by atoms with van der Waals surface area (Å²) < 4.78 is 0.967.